The molecule has 39 heavy (non-hydrogen) atoms. The Balaban J connectivity index is 1.69. The lowest BCUT2D eigenvalue weighted by atomic mass is 9.52. The number of phenols is 1. The van der Waals surface area contributed by atoms with E-state index < -0.39 is 64.4 Å². The van der Waals surface area contributed by atoms with E-state index in [1.54, 1.807) is 44.4 Å². The van der Waals surface area contributed by atoms with Crippen LogP contribution in [-0.4, -0.2) is 84.0 Å². The van der Waals surface area contributed by atoms with E-state index in [0.717, 1.165) is 0 Å². The van der Waals surface area contributed by atoms with E-state index in [4.69, 9.17) is 5.73 Å². The van der Waals surface area contributed by atoms with Gasteiger partial charge in [-0.1, -0.05) is 30.3 Å². The van der Waals surface area contributed by atoms with Crippen LogP contribution >= 0.6 is 0 Å². The minimum atomic E-state index is -2.74. The monoisotopic (exact) mass is 533 g/mol. The summed E-state index contributed by atoms with van der Waals surface area (Å²) in [5.74, 6) is -10.5. The van der Waals surface area contributed by atoms with Crippen molar-refractivity contribution in [2.24, 2.45) is 29.4 Å². The first-order valence-corrected chi connectivity index (χ1v) is 12.8. The van der Waals surface area contributed by atoms with Crippen molar-refractivity contribution in [2.45, 2.75) is 24.5 Å². The van der Waals surface area contributed by atoms with Gasteiger partial charge in [-0.15, -0.1) is 0 Å². The van der Waals surface area contributed by atoms with Gasteiger partial charge in [0.1, 0.15) is 5.75 Å². The molecule has 0 saturated heterocycles. The van der Waals surface area contributed by atoms with Gasteiger partial charge in [-0.3, -0.25) is 28.9 Å². The summed E-state index contributed by atoms with van der Waals surface area (Å²) in [5, 5.41) is 23.1. The van der Waals surface area contributed by atoms with Crippen molar-refractivity contribution in [1.82, 2.24) is 4.90 Å². The maximum Gasteiger partial charge on any atom is 0.235 e. The third-order valence-electron chi connectivity index (χ3n) is 8.60. The summed E-state index contributed by atoms with van der Waals surface area (Å²) >= 11 is 0. The zero-order valence-electron chi connectivity index (χ0n) is 22.2. The van der Waals surface area contributed by atoms with Gasteiger partial charge in [0.2, 0.25) is 5.91 Å². The predicted molar refractivity (Wildman–Crippen MR) is 141 cm³/mol. The van der Waals surface area contributed by atoms with Gasteiger partial charge in [-0.2, -0.15) is 0 Å². The lowest BCUT2D eigenvalue weighted by Crippen LogP contribution is -2.74. The number of carbonyl (C=O) groups is 5. The number of nitrogens with zero attached hydrogens (tertiary/aromatic N) is 2. The van der Waals surface area contributed by atoms with Crippen LogP contribution in [-0.2, 0) is 25.6 Å². The zero-order chi connectivity index (χ0) is 28.5. The number of hydrogen-bond donors (Lipinski definition) is 3. The van der Waals surface area contributed by atoms with Gasteiger partial charge in [0.15, 0.2) is 34.7 Å². The maximum absolute atomic E-state index is 14.1. The molecule has 0 bridgehead atoms. The number of primary amides is 1. The summed E-state index contributed by atoms with van der Waals surface area (Å²) in [7, 11) is 6.74. The number of fused-ring (bicyclic) bond motifs is 3. The van der Waals surface area contributed by atoms with Gasteiger partial charge in [0, 0.05) is 31.3 Å². The van der Waals surface area contributed by atoms with E-state index in [0.29, 0.717) is 22.4 Å². The molecule has 3 aliphatic carbocycles. The summed E-state index contributed by atoms with van der Waals surface area (Å²) in [4.78, 5) is 70.1. The number of phenolic OH excluding ortho intramolecular Hbond substituents is 1. The molecule has 2 aromatic carbocycles. The van der Waals surface area contributed by atoms with E-state index in [-0.39, 0.29) is 24.2 Å². The van der Waals surface area contributed by atoms with Crippen LogP contribution in [0.5, 0.6) is 5.75 Å². The minimum Gasteiger partial charge on any atom is -0.507 e. The zero-order valence-corrected chi connectivity index (χ0v) is 22.2. The van der Waals surface area contributed by atoms with Crippen molar-refractivity contribution in [2.75, 3.05) is 33.1 Å². The second-order valence-electron chi connectivity index (χ2n) is 11.2. The number of likely N-dealkylation sites (N-methyl/N-ethyl adjacent to an activating group) is 1. The fourth-order valence-electron chi connectivity index (χ4n) is 6.89. The molecule has 5 rings (SSSR count). The van der Waals surface area contributed by atoms with Crippen LogP contribution in [0.15, 0.2) is 36.4 Å². The Hall–Kier alpha value is -3.89. The third-order valence-corrected chi connectivity index (χ3v) is 8.60. The Morgan fingerprint density at radius 3 is 2.23 bits per heavy atom. The lowest BCUT2D eigenvalue weighted by molar-refractivity contribution is -0.181. The van der Waals surface area contributed by atoms with Gasteiger partial charge >= 0.3 is 0 Å². The maximum atomic E-state index is 14.1. The average molecular weight is 534 g/mol. The topological polar surface area (TPSA) is 158 Å². The van der Waals surface area contributed by atoms with Crippen LogP contribution in [0.3, 0.4) is 0 Å². The Kier molecular flexibility index (Phi) is 6.23. The largest absolute Gasteiger partial charge is 0.507 e. The summed E-state index contributed by atoms with van der Waals surface area (Å²) in [6, 6.07) is 9.67. The highest BCUT2D eigenvalue weighted by Crippen LogP contribution is 2.53. The number of aromatic hydroxyl groups is 1. The van der Waals surface area contributed by atoms with Crippen LogP contribution < -0.4 is 10.6 Å². The molecule has 3 aliphatic rings. The smallest absolute Gasteiger partial charge is 0.235 e. The Labute approximate surface area is 225 Å². The van der Waals surface area contributed by atoms with Crippen molar-refractivity contribution >= 4 is 34.7 Å². The molecule has 10 heteroatoms. The number of hydrogen-bond acceptors (Lipinski definition) is 9. The first kappa shape index (κ1) is 26.7. The summed E-state index contributed by atoms with van der Waals surface area (Å²) in [5.41, 5.74) is 4.94. The first-order valence-electron chi connectivity index (χ1n) is 12.8. The standard InChI is InChI=1S/C29H31N3O7/c1-31(2)18-12-15(13-8-6-5-7-9-13)23(33)20-16(18)10-14-11-17-22(32(3)4)25(35)21(28(30)38)27(37)29(17,39)26(36)19(14)24(20)34/h5-9,12,14,17,19,21-22,33,39H,10-11H2,1-4H3,(H2,30,38)/t14-,17-,19?,21?,22-,29-/m1/s1. The van der Waals surface area contributed by atoms with E-state index in [9.17, 15) is 34.2 Å². The fraction of sp³-hybridized carbons (Fsp3) is 0.414. The molecule has 2 unspecified atom stereocenters. The Morgan fingerprint density at radius 2 is 1.67 bits per heavy atom. The second kappa shape index (κ2) is 9.10. The molecule has 10 nitrogen and oxygen atoms in total. The molecule has 0 radical (unpaired) electrons. The first-order chi connectivity index (χ1) is 18.3. The number of rotatable bonds is 4. The van der Waals surface area contributed by atoms with Crippen molar-refractivity contribution < 1.29 is 34.2 Å². The van der Waals surface area contributed by atoms with Crippen LogP contribution in [0.4, 0.5) is 5.69 Å². The molecule has 2 aromatic rings. The van der Waals surface area contributed by atoms with Gasteiger partial charge in [0.05, 0.1) is 17.5 Å². The van der Waals surface area contributed by atoms with Crippen molar-refractivity contribution in [1.29, 1.82) is 0 Å². The van der Waals surface area contributed by atoms with Gasteiger partial charge in [0.25, 0.3) is 0 Å². The quantitative estimate of drug-likeness (QED) is 0.479. The number of anilines is 1. The SMILES string of the molecule is CN(C)c1cc(-c2ccccc2)c(O)c2c1C[C@@H]1C[C@@H]3[C@@H](N(C)C)C(=O)C(C(N)=O)C(=O)[C@]3(O)C(=O)C1C2=O. The van der Waals surface area contributed by atoms with Crippen LogP contribution in [0.2, 0.25) is 0 Å². The van der Waals surface area contributed by atoms with Gasteiger partial charge in [-0.25, -0.2) is 0 Å². The summed E-state index contributed by atoms with van der Waals surface area (Å²) in [6.45, 7) is 0. The molecule has 0 heterocycles. The Bertz CT molecular complexity index is 1430. The molecule has 0 spiro atoms. The van der Waals surface area contributed by atoms with Crippen molar-refractivity contribution in [3.8, 4) is 16.9 Å². The van der Waals surface area contributed by atoms with Crippen LogP contribution in [0.1, 0.15) is 22.3 Å². The molecule has 1 amide bonds. The predicted octanol–water partition coefficient (Wildman–Crippen LogP) is 0.600. The van der Waals surface area contributed by atoms with E-state index in [1.807, 2.05) is 25.1 Å². The highest BCUT2D eigenvalue weighted by molar-refractivity contribution is 6.32. The molecule has 0 aliphatic heterocycles. The number of benzene rings is 2. The van der Waals surface area contributed by atoms with Crippen molar-refractivity contribution in [3.63, 3.8) is 0 Å². The molecular weight excluding hydrogens is 502 g/mol. The van der Waals surface area contributed by atoms with E-state index in [2.05, 4.69) is 0 Å². The van der Waals surface area contributed by atoms with E-state index >= 15 is 0 Å². The van der Waals surface area contributed by atoms with Gasteiger partial charge in [-0.05, 0) is 50.0 Å². The van der Waals surface area contributed by atoms with Crippen molar-refractivity contribution in [3.05, 3.63) is 47.5 Å². The fourth-order valence-corrected chi connectivity index (χ4v) is 6.89. The number of nitrogens with two attached hydrogens (primary N) is 1. The molecular formula is C29H31N3O7. The normalized spacial score (nSPS) is 30.1. The number of carbonyl (C=O) groups excluding carboxylic acids is 5. The lowest BCUT2D eigenvalue weighted by Gasteiger charge is -2.52. The highest BCUT2D eigenvalue weighted by atomic mass is 16.3. The highest BCUT2D eigenvalue weighted by Gasteiger charge is 2.69. The molecule has 6 atom stereocenters. The third kappa shape index (κ3) is 3.65. The Morgan fingerprint density at radius 1 is 1.03 bits per heavy atom. The average Bonchev–Trinajstić information content (AvgIpc) is 2.86. The molecule has 4 N–H and O–H groups in total. The number of Topliss-reactive ketones (excluding diaryl/α,β-unsaturated/α-hetero) is 4. The molecule has 0 aromatic heterocycles. The summed E-state index contributed by atoms with van der Waals surface area (Å²) in [6.07, 6.45) is 0.222. The number of amides is 1. The van der Waals surface area contributed by atoms with Crippen LogP contribution in [0.25, 0.3) is 11.1 Å². The van der Waals surface area contributed by atoms with Crippen LogP contribution in [0, 0.1) is 23.7 Å². The van der Waals surface area contributed by atoms with E-state index in [1.165, 1.54) is 4.90 Å². The van der Waals surface area contributed by atoms with Gasteiger partial charge < -0.3 is 20.8 Å². The summed E-state index contributed by atoms with van der Waals surface area (Å²) < 4.78 is 0. The molecule has 2 fully saturated rings. The molecule has 2 saturated carbocycles. The second-order valence-corrected chi connectivity index (χ2v) is 11.2. The number of aliphatic hydroxyl groups is 1. The molecule has 204 valence electrons. The number of ketones is 4. The minimum absolute atomic E-state index is 0.0119.